The summed E-state index contributed by atoms with van der Waals surface area (Å²) in [4.78, 5) is 42.4. The molecule has 0 spiro atoms. The molecule has 1 aliphatic rings. The highest BCUT2D eigenvalue weighted by Crippen LogP contribution is 2.51. The Morgan fingerprint density at radius 1 is 0.952 bits per heavy atom. The minimum atomic E-state index is -1.02. The molecule has 4 rings (SSSR count). The van der Waals surface area contributed by atoms with Gasteiger partial charge in [-0.25, -0.2) is 9.78 Å². The lowest BCUT2D eigenvalue weighted by Gasteiger charge is -2.49. The number of aromatic nitrogens is 1. The molecular weight excluding hydrogens is 583 g/mol. The number of pyridine rings is 1. The first-order valence-electron chi connectivity index (χ1n) is 13.4. The molecule has 1 fully saturated rings. The van der Waals surface area contributed by atoms with E-state index >= 15 is 0 Å². The van der Waals surface area contributed by atoms with Crippen molar-refractivity contribution >= 4 is 41.0 Å². The van der Waals surface area contributed by atoms with E-state index in [0.717, 1.165) is 17.5 Å². The van der Waals surface area contributed by atoms with E-state index in [0.29, 0.717) is 16.5 Å². The molecule has 1 aromatic heterocycles. The molecule has 2 aromatic carbocycles. The first-order valence-corrected chi connectivity index (χ1v) is 14.2. The zero-order valence-electron chi connectivity index (χ0n) is 23.7. The lowest BCUT2D eigenvalue weighted by atomic mass is 9.58. The second-order valence-electron chi connectivity index (χ2n) is 10.2. The Morgan fingerprint density at radius 3 is 2.05 bits per heavy atom. The van der Waals surface area contributed by atoms with E-state index in [1.807, 2.05) is 24.3 Å². The van der Waals surface area contributed by atoms with Crippen LogP contribution in [0, 0.1) is 5.92 Å². The van der Waals surface area contributed by atoms with E-state index in [1.54, 1.807) is 38.1 Å². The summed E-state index contributed by atoms with van der Waals surface area (Å²) in [6.07, 6.45) is 2.24. The van der Waals surface area contributed by atoms with Crippen molar-refractivity contribution in [1.29, 1.82) is 0 Å². The molecule has 1 amide bonds. The highest BCUT2D eigenvalue weighted by Gasteiger charge is 2.52. The van der Waals surface area contributed by atoms with Crippen LogP contribution < -0.4 is 14.8 Å². The molecule has 0 radical (unpaired) electrons. The van der Waals surface area contributed by atoms with Gasteiger partial charge in [0.15, 0.2) is 17.2 Å². The smallest absolute Gasteiger partial charge is 0.328 e. The number of carbonyl (C=O) groups is 3. The molecule has 1 aliphatic carbocycles. The first kappa shape index (κ1) is 31.1. The van der Waals surface area contributed by atoms with Crippen LogP contribution in [0.1, 0.15) is 55.2 Å². The fourth-order valence-corrected chi connectivity index (χ4v) is 5.06. The Balaban J connectivity index is 1.49. The van der Waals surface area contributed by atoms with Crippen molar-refractivity contribution in [2.75, 3.05) is 13.9 Å². The van der Waals surface area contributed by atoms with Crippen molar-refractivity contribution in [3.05, 3.63) is 87.7 Å². The number of hydrogen-bond acceptors (Lipinski definition) is 8. The summed E-state index contributed by atoms with van der Waals surface area (Å²) < 4.78 is 21.9. The third-order valence-electron chi connectivity index (χ3n) is 7.21. The number of esters is 2. The maximum Gasteiger partial charge on any atom is 0.328 e. The van der Waals surface area contributed by atoms with E-state index < -0.39 is 42.2 Å². The van der Waals surface area contributed by atoms with Crippen molar-refractivity contribution < 1.29 is 33.3 Å². The minimum Gasteiger partial charge on any atom is -0.493 e. The van der Waals surface area contributed by atoms with Gasteiger partial charge in [-0.1, -0.05) is 61.3 Å². The quantitative estimate of drug-likeness (QED) is 0.215. The van der Waals surface area contributed by atoms with E-state index in [-0.39, 0.29) is 23.1 Å². The number of rotatable bonds is 11. The van der Waals surface area contributed by atoms with E-state index in [2.05, 4.69) is 10.3 Å². The molecular formula is C31H32Cl2N2O7. The van der Waals surface area contributed by atoms with Crippen LogP contribution >= 0.6 is 23.2 Å². The molecule has 1 unspecified atom stereocenters. The van der Waals surface area contributed by atoms with Crippen molar-refractivity contribution in [3.8, 4) is 11.5 Å². The van der Waals surface area contributed by atoms with Gasteiger partial charge in [0.25, 0.3) is 5.91 Å². The number of nitrogens with one attached hydrogen (secondary N) is 1. The number of carbonyl (C=O) groups excluding carboxylic acids is 3. The van der Waals surface area contributed by atoms with Gasteiger partial charge in [0.1, 0.15) is 12.1 Å². The van der Waals surface area contributed by atoms with Gasteiger partial charge in [0, 0.05) is 22.3 Å². The number of methoxy groups -OCH3 is 1. The third-order valence-corrected chi connectivity index (χ3v) is 7.71. The van der Waals surface area contributed by atoms with E-state index in [9.17, 15) is 14.4 Å². The highest BCUT2D eigenvalue weighted by molar-refractivity contribution is 6.30. The number of ether oxygens (including phenoxy) is 4. The largest absolute Gasteiger partial charge is 0.493 e. The minimum absolute atomic E-state index is 0.0295. The maximum atomic E-state index is 13.3. The summed E-state index contributed by atoms with van der Waals surface area (Å²) in [5.41, 5.74) is 1.16. The summed E-state index contributed by atoms with van der Waals surface area (Å²) in [7, 11) is 1.40. The van der Waals surface area contributed by atoms with Gasteiger partial charge in [-0.15, -0.1) is 0 Å². The van der Waals surface area contributed by atoms with E-state index in [4.69, 9.17) is 42.1 Å². The fourth-order valence-electron chi connectivity index (χ4n) is 4.80. The monoisotopic (exact) mass is 614 g/mol. The molecule has 222 valence electrons. The summed E-state index contributed by atoms with van der Waals surface area (Å²) in [5, 5.41) is 3.82. The first-order chi connectivity index (χ1) is 20.1. The zero-order valence-corrected chi connectivity index (χ0v) is 25.2. The molecule has 3 aromatic rings. The number of nitrogens with zero attached hydrogens (tertiary/aromatic N) is 1. The molecule has 11 heteroatoms. The molecule has 9 nitrogen and oxygen atoms in total. The summed E-state index contributed by atoms with van der Waals surface area (Å²) in [5.74, 6) is -1.96. The topological polar surface area (TPSA) is 113 Å². The molecule has 0 bridgehead atoms. The van der Waals surface area contributed by atoms with Crippen LogP contribution in [0.2, 0.25) is 10.0 Å². The third kappa shape index (κ3) is 6.63. The number of halogens is 2. The van der Waals surface area contributed by atoms with Crippen molar-refractivity contribution in [2.24, 2.45) is 5.92 Å². The molecule has 0 aliphatic heterocycles. The summed E-state index contributed by atoms with van der Waals surface area (Å²) >= 11 is 12.3. The van der Waals surface area contributed by atoms with Gasteiger partial charge < -0.3 is 24.3 Å². The van der Waals surface area contributed by atoms with Crippen LogP contribution in [-0.2, 0) is 24.5 Å². The Kier molecular flexibility index (Phi) is 9.96. The van der Waals surface area contributed by atoms with Crippen LogP contribution in [0.15, 0.2) is 60.8 Å². The Labute approximate surface area is 254 Å². The van der Waals surface area contributed by atoms with Crippen molar-refractivity contribution in [3.63, 3.8) is 0 Å². The van der Waals surface area contributed by atoms with Crippen LogP contribution in [0.25, 0.3) is 0 Å². The average molecular weight is 616 g/mol. The van der Waals surface area contributed by atoms with Crippen LogP contribution in [0.3, 0.4) is 0 Å². The standard InChI is InChI=1S/C31H32Cl2N2O7/c1-18(2)29(37)41-17-40-27-24(39-4)14-16-34-26(27)28(36)35-19(3)30(38)42-25-13-15-31(25,20-5-9-22(32)10-6-20)21-7-11-23(33)12-8-21/h5-12,14,16,18-19,25H,13,15,17H2,1-4H3,(H,35,36)/t19-,25?/m0/s1. The Bertz CT molecular complexity index is 1380. The molecule has 1 N–H and O–H groups in total. The Morgan fingerprint density at radius 2 is 1.55 bits per heavy atom. The number of amides is 1. The van der Waals surface area contributed by atoms with Gasteiger partial charge in [0.2, 0.25) is 6.79 Å². The fraction of sp³-hybridized carbons (Fsp3) is 0.355. The lowest BCUT2D eigenvalue weighted by Crippen LogP contribution is -2.53. The molecule has 42 heavy (non-hydrogen) atoms. The van der Waals surface area contributed by atoms with Gasteiger partial charge in [-0.2, -0.15) is 0 Å². The van der Waals surface area contributed by atoms with E-state index in [1.165, 1.54) is 26.3 Å². The normalized spacial score (nSPS) is 16.1. The molecule has 1 saturated carbocycles. The molecule has 0 saturated heterocycles. The summed E-state index contributed by atoms with van der Waals surface area (Å²) in [6, 6.07) is 15.4. The number of hydrogen-bond donors (Lipinski definition) is 1. The Hall–Kier alpha value is -3.82. The van der Waals surface area contributed by atoms with Crippen molar-refractivity contribution in [1.82, 2.24) is 10.3 Å². The lowest BCUT2D eigenvalue weighted by molar-refractivity contribution is -0.160. The zero-order chi connectivity index (χ0) is 30.4. The molecule has 2 atom stereocenters. The van der Waals surface area contributed by atoms with Gasteiger partial charge in [-0.3, -0.25) is 9.59 Å². The van der Waals surface area contributed by atoms with Crippen molar-refractivity contribution in [2.45, 2.75) is 51.2 Å². The van der Waals surface area contributed by atoms with Gasteiger partial charge in [-0.05, 0) is 55.2 Å². The van der Waals surface area contributed by atoms with Gasteiger partial charge in [0.05, 0.1) is 18.4 Å². The van der Waals surface area contributed by atoms with Gasteiger partial charge >= 0.3 is 11.9 Å². The van der Waals surface area contributed by atoms with Crippen LogP contribution in [0.4, 0.5) is 0 Å². The second kappa shape index (κ2) is 13.4. The SMILES string of the molecule is COc1ccnc(C(=O)N[C@@H](C)C(=O)OC2CCC2(c2ccc(Cl)cc2)c2ccc(Cl)cc2)c1OCOC(=O)C(C)C. The van der Waals surface area contributed by atoms with Crippen LogP contribution in [-0.4, -0.2) is 48.9 Å². The average Bonchev–Trinajstić information content (AvgIpc) is 2.97. The van der Waals surface area contributed by atoms with Crippen LogP contribution in [0.5, 0.6) is 11.5 Å². The maximum absolute atomic E-state index is 13.3. The second-order valence-corrected chi connectivity index (χ2v) is 11.1. The highest BCUT2D eigenvalue weighted by atomic mass is 35.5. The molecule has 1 heterocycles. The number of benzene rings is 2. The predicted molar refractivity (Wildman–Crippen MR) is 157 cm³/mol. The predicted octanol–water partition coefficient (Wildman–Crippen LogP) is 5.74. The summed E-state index contributed by atoms with van der Waals surface area (Å²) in [6.45, 7) is 4.45.